The minimum atomic E-state index is -1.50. The highest BCUT2D eigenvalue weighted by atomic mass is 28.3. The Morgan fingerprint density at radius 2 is 1.83 bits per heavy atom. The summed E-state index contributed by atoms with van der Waals surface area (Å²) in [5.41, 5.74) is 3.31. The van der Waals surface area contributed by atoms with E-state index in [1.807, 2.05) is 12.1 Å². The number of carbonyl (C=O) groups is 1. The van der Waals surface area contributed by atoms with Crippen molar-refractivity contribution in [2.75, 3.05) is 7.11 Å². The van der Waals surface area contributed by atoms with Crippen LogP contribution >= 0.6 is 0 Å². The van der Waals surface area contributed by atoms with Gasteiger partial charge in [0.1, 0.15) is 0 Å². The van der Waals surface area contributed by atoms with E-state index in [4.69, 9.17) is 4.74 Å². The Bertz CT molecular complexity index is 764. The highest BCUT2D eigenvalue weighted by Crippen LogP contribution is 2.34. The van der Waals surface area contributed by atoms with Gasteiger partial charge < -0.3 is 9.30 Å². The van der Waals surface area contributed by atoms with Crippen LogP contribution in [-0.4, -0.2) is 25.7 Å². The molecule has 1 fully saturated rings. The SMILES string of the molecule is COC(=O)c1ccc2c(c1)c(C)c([Si](C)(C)C)n2C1CCCCC1. The minimum Gasteiger partial charge on any atom is -0.465 e. The second-order valence-electron chi connectivity index (χ2n) is 8.11. The molecule has 4 heteroatoms. The zero-order valence-electron chi connectivity index (χ0n) is 15.6. The van der Waals surface area contributed by atoms with E-state index in [0.717, 1.165) is 0 Å². The summed E-state index contributed by atoms with van der Waals surface area (Å²) in [5.74, 6) is -0.253. The van der Waals surface area contributed by atoms with Crippen LogP contribution in [0, 0.1) is 6.92 Å². The Morgan fingerprint density at radius 3 is 2.42 bits per heavy atom. The molecule has 0 amide bonds. The van der Waals surface area contributed by atoms with Crippen molar-refractivity contribution < 1.29 is 9.53 Å². The van der Waals surface area contributed by atoms with Crippen molar-refractivity contribution in [1.82, 2.24) is 4.57 Å². The van der Waals surface area contributed by atoms with Crippen molar-refractivity contribution in [3.05, 3.63) is 29.3 Å². The second-order valence-corrected chi connectivity index (χ2v) is 13.1. The number of ether oxygens (including phenoxy) is 1. The van der Waals surface area contributed by atoms with Gasteiger partial charge in [-0.15, -0.1) is 0 Å². The van der Waals surface area contributed by atoms with E-state index in [9.17, 15) is 4.79 Å². The van der Waals surface area contributed by atoms with Crippen LogP contribution in [0.3, 0.4) is 0 Å². The van der Waals surface area contributed by atoms with Crippen LogP contribution in [0.4, 0.5) is 0 Å². The van der Waals surface area contributed by atoms with Crippen LogP contribution in [0.25, 0.3) is 10.9 Å². The summed E-state index contributed by atoms with van der Waals surface area (Å²) in [6, 6.07) is 6.69. The zero-order valence-corrected chi connectivity index (χ0v) is 16.6. The number of methoxy groups -OCH3 is 1. The smallest absolute Gasteiger partial charge is 0.337 e. The fourth-order valence-electron chi connectivity index (χ4n) is 4.36. The Hall–Kier alpha value is -1.55. The Morgan fingerprint density at radius 1 is 1.17 bits per heavy atom. The lowest BCUT2D eigenvalue weighted by Crippen LogP contribution is -2.45. The molecule has 3 rings (SSSR count). The summed E-state index contributed by atoms with van der Waals surface area (Å²) in [5, 5.41) is 2.77. The van der Waals surface area contributed by atoms with Gasteiger partial charge in [-0.3, -0.25) is 0 Å². The molecule has 0 aliphatic heterocycles. The van der Waals surface area contributed by atoms with E-state index in [2.05, 4.69) is 37.2 Å². The number of hydrogen-bond donors (Lipinski definition) is 0. The molecule has 2 aromatic rings. The van der Waals surface area contributed by atoms with Gasteiger partial charge in [-0.25, -0.2) is 4.79 Å². The molecule has 1 aromatic heterocycles. The fraction of sp³-hybridized carbons (Fsp3) is 0.550. The number of benzene rings is 1. The molecule has 0 N–H and O–H groups in total. The van der Waals surface area contributed by atoms with Crippen molar-refractivity contribution >= 4 is 30.3 Å². The van der Waals surface area contributed by atoms with Gasteiger partial charge in [0, 0.05) is 22.3 Å². The third kappa shape index (κ3) is 2.92. The lowest BCUT2D eigenvalue weighted by Gasteiger charge is -2.30. The summed E-state index contributed by atoms with van der Waals surface area (Å²) in [4.78, 5) is 11.9. The second kappa shape index (κ2) is 6.39. The Balaban J connectivity index is 2.25. The monoisotopic (exact) mass is 343 g/mol. The number of fused-ring (bicyclic) bond motifs is 1. The number of carbonyl (C=O) groups excluding carboxylic acids is 1. The molecule has 1 heterocycles. The molecule has 24 heavy (non-hydrogen) atoms. The third-order valence-corrected chi connectivity index (χ3v) is 7.36. The van der Waals surface area contributed by atoms with E-state index >= 15 is 0 Å². The summed E-state index contributed by atoms with van der Waals surface area (Å²) in [6.07, 6.45) is 6.58. The van der Waals surface area contributed by atoms with E-state index in [1.165, 1.54) is 55.7 Å². The number of esters is 1. The van der Waals surface area contributed by atoms with E-state index in [1.54, 1.807) is 5.32 Å². The zero-order chi connectivity index (χ0) is 17.5. The molecule has 0 unspecified atom stereocenters. The number of rotatable bonds is 3. The van der Waals surface area contributed by atoms with Crippen molar-refractivity contribution in [2.45, 2.75) is 64.7 Å². The van der Waals surface area contributed by atoms with Crippen molar-refractivity contribution in [2.24, 2.45) is 0 Å². The van der Waals surface area contributed by atoms with Gasteiger partial charge in [0.25, 0.3) is 0 Å². The fourth-order valence-corrected chi connectivity index (χ4v) is 6.65. The number of aryl methyl sites for hydroxylation is 1. The van der Waals surface area contributed by atoms with Gasteiger partial charge in [-0.2, -0.15) is 0 Å². The topological polar surface area (TPSA) is 31.2 Å². The maximum atomic E-state index is 11.9. The maximum Gasteiger partial charge on any atom is 0.337 e. The largest absolute Gasteiger partial charge is 0.465 e. The van der Waals surface area contributed by atoms with Crippen LogP contribution in [0.5, 0.6) is 0 Å². The van der Waals surface area contributed by atoms with Gasteiger partial charge in [-0.05, 0) is 43.5 Å². The molecule has 0 saturated heterocycles. The van der Waals surface area contributed by atoms with Gasteiger partial charge in [0.15, 0.2) is 0 Å². The van der Waals surface area contributed by atoms with E-state index in [0.29, 0.717) is 11.6 Å². The first-order valence-electron chi connectivity index (χ1n) is 9.08. The first-order chi connectivity index (χ1) is 11.3. The lowest BCUT2D eigenvalue weighted by atomic mass is 9.95. The highest BCUT2D eigenvalue weighted by Gasteiger charge is 2.30. The molecular formula is C20H29NO2Si. The molecule has 0 atom stereocenters. The van der Waals surface area contributed by atoms with Crippen LogP contribution in [-0.2, 0) is 4.74 Å². The summed E-state index contributed by atoms with van der Waals surface area (Å²) in [7, 11) is -0.0511. The maximum absolute atomic E-state index is 11.9. The van der Waals surface area contributed by atoms with Crippen molar-refractivity contribution in [3.8, 4) is 0 Å². The summed E-state index contributed by atoms with van der Waals surface area (Å²) >= 11 is 0. The van der Waals surface area contributed by atoms with Gasteiger partial charge in [0.2, 0.25) is 0 Å². The molecule has 130 valence electrons. The molecule has 0 radical (unpaired) electrons. The van der Waals surface area contributed by atoms with Crippen LogP contribution < -0.4 is 5.32 Å². The van der Waals surface area contributed by atoms with Crippen LogP contribution in [0.1, 0.15) is 54.1 Å². The molecule has 1 aliphatic rings. The highest BCUT2D eigenvalue weighted by molar-refractivity contribution is 6.88. The van der Waals surface area contributed by atoms with Gasteiger partial charge in [0.05, 0.1) is 20.7 Å². The molecule has 0 spiro atoms. The number of nitrogens with zero attached hydrogens (tertiary/aromatic N) is 1. The third-order valence-electron chi connectivity index (χ3n) is 5.33. The predicted octanol–water partition coefficient (Wildman–Crippen LogP) is 4.79. The summed E-state index contributed by atoms with van der Waals surface area (Å²) in [6.45, 7) is 9.51. The average molecular weight is 344 g/mol. The molecule has 3 nitrogen and oxygen atoms in total. The lowest BCUT2D eigenvalue weighted by molar-refractivity contribution is 0.0601. The average Bonchev–Trinajstić information content (AvgIpc) is 2.87. The quantitative estimate of drug-likeness (QED) is 0.593. The van der Waals surface area contributed by atoms with Crippen LogP contribution in [0.2, 0.25) is 19.6 Å². The Kier molecular flexibility index (Phi) is 4.60. The molecule has 1 saturated carbocycles. The summed E-state index contributed by atoms with van der Waals surface area (Å²) < 4.78 is 7.54. The van der Waals surface area contributed by atoms with Gasteiger partial charge in [-0.1, -0.05) is 38.9 Å². The van der Waals surface area contributed by atoms with Crippen molar-refractivity contribution in [1.29, 1.82) is 0 Å². The molecule has 1 aliphatic carbocycles. The first-order valence-corrected chi connectivity index (χ1v) is 12.6. The molecular weight excluding hydrogens is 314 g/mol. The van der Waals surface area contributed by atoms with E-state index in [-0.39, 0.29) is 5.97 Å². The normalized spacial score (nSPS) is 16.5. The molecule has 0 bridgehead atoms. The van der Waals surface area contributed by atoms with E-state index < -0.39 is 8.07 Å². The molecule has 1 aromatic carbocycles. The minimum absolute atomic E-state index is 0.253. The predicted molar refractivity (Wildman–Crippen MR) is 103 cm³/mol. The Labute approximate surface area is 146 Å². The number of hydrogen-bond acceptors (Lipinski definition) is 2. The number of aromatic nitrogens is 1. The van der Waals surface area contributed by atoms with Gasteiger partial charge >= 0.3 is 5.97 Å². The van der Waals surface area contributed by atoms with Crippen molar-refractivity contribution in [3.63, 3.8) is 0 Å². The standard InChI is InChI=1S/C20H29NO2Si/c1-14-17-13-15(20(22)23-2)11-12-18(17)21(19(14)24(3,4)5)16-9-7-6-8-10-16/h11-13,16H,6-10H2,1-5H3. The first kappa shape index (κ1) is 17.3. The van der Waals surface area contributed by atoms with Crippen LogP contribution in [0.15, 0.2) is 18.2 Å².